The molecule has 2 heterocycles. The molecule has 150 valence electrons. The third kappa shape index (κ3) is 4.57. The van der Waals surface area contributed by atoms with Crippen LogP contribution in [0, 0.1) is 0 Å². The van der Waals surface area contributed by atoms with E-state index in [4.69, 9.17) is 0 Å². The van der Waals surface area contributed by atoms with Gasteiger partial charge in [-0.2, -0.15) is 5.10 Å². The van der Waals surface area contributed by atoms with Crippen LogP contribution in [0.1, 0.15) is 28.8 Å². The lowest BCUT2D eigenvalue weighted by molar-refractivity contribution is 0.0619. The molecule has 1 aromatic heterocycles. The number of rotatable bonds is 6. The number of benzene rings is 2. The fraction of sp³-hybridized carbons (Fsp3) is 0.333. The number of hydrogen-bond donors (Lipinski definition) is 0. The van der Waals surface area contributed by atoms with E-state index in [1.165, 1.54) is 5.56 Å². The van der Waals surface area contributed by atoms with Crippen molar-refractivity contribution in [1.82, 2.24) is 19.6 Å². The molecule has 1 unspecified atom stereocenters. The van der Waals surface area contributed by atoms with E-state index in [-0.39, 0.29) is 11.9 Å². The maximum absolute atomic E-state index is 13.3. The first-order valence-corrected chi connectivity index (χ1v) is 10.3. The van der Waals surface area contributed by atoms with Crippen molar-refractivity contribution in [3.63, 3.8) is 0 Å². The van der Waals surface area contributed by atoms with Crippen molar-refractivity contribution < 1.29 is 4.79 Å². The van der Waals surface area contributed by atoms with Gasteiger partial charge in [-0.25, -0.2) is 4.68 Å². The predicted octanol–water partition coefficient (Wildman–Crippen LogP) is 3.65. The normalized spacial score (nSPS) is 17.2. The van der Waals surface area contributed by atoms with E-state index >= 15 is 0 Å². The Balaban J connectivity index is 1.43. The van der Waals surface area contributed by atoms with Gasteiger partial charge in [0, 0.05) is 38.6 Å². The van der Waals surface area contributed by atoms with Crippen LogP contribution in [0.25, 0.3) is 5.69 Å². The fourth-order valence-electron chi connectivity index (χ4n) is 4.10. The van der Waals surface area contributed by atoms with E-state index in [1.807, 2.05) is 48.5 Å². The molecule has 0 aliphatic carbocycles. The highest BCUT2D eigenvalue weighted by molar-refractivity contribution is 5.97. The molecule has 1 fully saturated rings. The molecule has 1 saturated heterocycles. The second-order valence-corrected chi connectivity index (χ2v) is 7.72. The van der Waals surface area contributed by atoms with Crippen LogP contribution in [-0.2, 0) is 6.42 Å². The topological polar surface area (TPSA) is 41.4 Å². The molecule has 1 amide bonds. The molecule has 0 saturated carbocycles. The molecule has 1 atom stereocenters. The minimum absolute atomic E-state index is 0.0611. The summed E-state index contributed by atoms with van der Waals surface area (Å²) >= 11 is 0. The van der Waals surface area contributed by atoms with Gasteiger partial charge in [0.2, 0.25) is 0 Å². The Morgan fingerprint density at radius 1 is 1.10 bits per heavy atom. The first kappa shape index (κ1) is 19.4. The van der Waals surface area contributed by atoms with Crippen LogP contribution in [0.5, 0.6) is 0 Å². The zero-order valence-electron chi connectivity index (χ0n) is 16.9. The molecule has 5 heteroatoms. The largest absolute Gasteiger partial charge is 0.337 e. The molecule has 2 aromatic carbocycles. The summed E-state index contributed by atoms with van der Waals surface area (Å²) in [5.41, 5.74) is 2.89. The number of carbonyl (C=O) groups excluding carboxylic acids is 1. The summed E-state index contributed by atoms with van der Waals surface area (Å²) in [6.45, 7) is 3.07. The monoisotopic (exact) mass is 388 g/mol. The van der Waals surface area contributed by atoms with E-state index in [2.05, 4.69) is 40.3 Å². The summed E-state index contributed by atoms with van der Waals surface area (Å²) in [4.78, 5) is 17.7. The van der Waals surface area contributed by atoms with Crippen molar-refractivity contribution in [1.29, 1.82) is 0 Å². The summed E-state index contributed by atoms with van der Waals surface area (Å²) < 4.78 is 1.76. The number of piperidine rings is 1. The van der Waals surface area contributed by atoms with Crippen LogP contribution in [0.2, 0.25) is 0 Å². The van der Waals surface area contributed by atoms with Crippen LogP contribution in [-0.4, -0.2) is 58.2 Å². The summed E-state index contributed by atoms with van der Waals surface area (Å²) in [6.07, 6.45) is 6.83. The van der Waals surface area contributed by atoms with E-state index in [9.17, 15) is 4.79 Å². The standard InChI is InChI=1S/C24H28N4O/c1-26(24(29)22-12-5-6-13-23(22)28-17-8-15-25-28)21-11-7-16-27(19-21)18-14-20-9-3-2-4-10-20/h2-6,8-10,12-13,15,17,21H,7,11,14,16,18-19H2,1H3. The SMILES string of the molecule is CN(C(=O)c1ccccc1-n1cccn1)C1CCCN(CCc2ccccc2)C1. The Morgan fingerprint density at radius 2 is 1.90 bits per heavy atom. The van der Waals surface area contributed by atoms with Gasteiger partial charge in [0.05, 0.1) is 11.3 Å². The third-order valence-corrected chi connectivity index (χ3v) is 5.79. The number of nitrogens with zero attached hydrogens (tertiary/aromatic N) is 4. The van der Waals surface area contributed by atoms with E-state index in [1.54, 1.807) is 10.9 Å². The quantitative estimate of drug-likeness (QED) is 0.647. The van der Waals surface area contributed by atoms with Crippen molar-refractivity contribution >= 4 is 5.91 Å². The summed E-state index contributed by atoms with van der Waals surface area (Å²) in [6, 6.07) is 20.4. The molecule has 0 bridgehead atoms. The fourth-order valence-corrected chi connectivity index (χ4v) is 4.10. The first-order valence-electron chi connectivity index (χ1n) is 10.3. The van der Waals surface area contributed by atoms with E-state index in [0.717, 1.165) is 44.6 Å². The maximum Gasteiger partial charge on any atom is 0.256 e. The van der Waals surface area contributed by atoms with Crippen molar-refractivity contribution in [2.24, 2.45) is 0 Å². The highest BCUT2D eigenvalue weighted by Gasteiger charge is 2.27. The van der Waals surface area contributed by atoms with Gasteiger partial charge in [0.15, 0.2) is 0 Å². The average Bonchev–Trinajstić information content (AvgIpc) is 3.32. The second kappa shape index (κ2) is 9.05. The van der Waals surface area contributed by atoms with E-state index in [0.29, 0.717) is 5.56 Å². The number of amides is 1. The third-order valence-electron chi connectivity index (χ3n) is 5.79. The zero-order valence-corrected chi connectivity index (χ0v) is 16.9. The Morgan fingerprint density at radius 3 is 2.69 bits per heavy atom. The Kier molecular flexibility index (Phi) is 6.06. The minimum Gasteiger partial charge on any atom is -0.337 e. The zero-order chi connectivity index (χ0) is 20.1. The molecule has 3 aromatic rings. The number of likely N-dealkylation sites (tertiary alicyclic amines) is 1. The van der Waals surface area contributed by atoms with Gasteiger partial charge in [-0.3, -0.25) is 4.79 Å². The lowest BCUT2D eigenvalue weighted by Gasteiger charge is -2.38. The lowest BCUT2D eigenvalue weighted by atomic mass is 10.0. The van der Waals surface area contributed by atoms with Gasteiger partial charge >= 0.3 is 0 Å². The molecule has 5 nitrogen and oxygen atoms in total. The number of aromatic nitrogens is 2. The van der Waals surface area contributed by atoms with Gasteiger partial charge in [-0.15, -0.1) is 0 Å². The van der Waals surface area contributed by atoms with Crippen LogP contribution in [0.3, 0.4) is 0 Å². The summed E-state index contributed by atoms with van der Waals surface area (Å²) in [5.74, 6) is 0.0611. The van der Waals surface area contributed by atoms with Crippen molar-refractivity contribution in [2.75, 3.05) is 26.7 Å². The first-order chi connectivity index (χ1) is 14.2. The van der Waals surface area contributed by atoms with Gasteiger partial charge in [-0.1, -0.05) is 42.5 Å². The summed E-state index contributed by atoms with van der Waals surface area (Å²) in [5, 5.41) is 4.30. The molecule has 29 heavy (non-hydrogen) atoms. The molecular formula is C24H28N4O. The second-order valence-electron chi connectivity index (χ2n) is 7.72. The van der Waals surface area contributed by atoms with Crippen LogP contribution in [0.4, 0.5) is 0 Å². The molecule has 1 aliphatic rings. The van der Waals surface area contributed by atoms with Gasteiger partial charge < -0.3 is 9.80 Å². The molecular weight excluding hydrogens is 360 g/mol. The maximum atomic E-state index is 13.3. The molecule has 0 radical (unpaired) electrons. The molecule has 1 aliphatic heterocycles. The van der Waals surface area contributed by atoms with Gasteiger partial charge in [-0.05, 0) is 49.6 Å². The van der Waals surface area contributed by atoms with Gasteiger partial charge in [0.1, 0.15) is 0 Å². The van der Waals surface area contributed by atoms with E-state index < -0.39 is 0 Å². The number of likely N-dealkylation sites (N-methyl/N-ethyl adjacent to an activating group) is 1. The molecule has 0 spiro atoms. The van der Waals surface area contributed by atoms with Crippen molar-refractivity contribution in [2.45, 2.75) is 25.3 Å². The molecule has 4 rings (SSSR count). The van der Waals surface area contributed by atoms with Crippen molar-refractivity contribution in [3.05, 3.63) is 84.2 Å². The van der Waals surface area contributed by atoms with Gasteiger partial charge in [0.25, 0.3) is 5.91 Å². The Bertz CT molecular complexity index is 923. The molecule has 0 N–H and O–H groups in total. The highest BCUT2D eigenvalue weighted by Crippen LogP contribution is 2.21. The number of carbonyl (C=O) groups is 1. The van der Waals surface area contributed by atoms with Crippen molar-refractivity contribution in [3.8, 4) is 5.69 Å². The van der Waals surface area contributed by atoms with Crippen LogP contribution >= 0.6 is 0 Å². The van der Waals surface area contributed by atoms with Crippen LogP contribution in [0.15, 0.2) is 73.1 Å². The smallest absolute Gasteiger partial charge is 0.256 e. The number of para-hydroxylation sites is 1. The number of hydrogen-bond acceptors (Lipinski definition) is 3. The summed E-state index contributed by atoms with van der Waals surface area (Å²) in [7, 11) is 1.94. The minimum atomic E-state index is 0.0611. The highest BCUT2D eigenvalue weighted by atomic mass is 16.2. The average molecular weight is 389 g/mol. The Hall–Kier alpha value is -2.92. The Labute approximate surface area is 172 Å². The predicted molar refractivity (Wildman–Crippen MR) is 115 cm³/mol. The van der Waals surface area contributed by atoms with Crippen LogP contribution < -0.4 is 0 Å². The lowest BCUT2D eigenvalue weighted by Crippen LogP contribution is -2.49.